The number of fused-ring (bicyclic) bond motifs is 6. The van der Waals surface area contributed by atoms with Crippen molar-refractivity contribution in [1.82, 2.24) is 55.8 Å². The van der Waals surface area contributed by atoms with Crippen LogP contribution >= 0.6 is 0 Å². The van der Waals surface area contributed by atoms with E-state index in [9.17, 15) is 47.9 Å². The lowest BCUT2D eigenvalue weighted by molar-refractivity contribution is -0.160. The molecular weight excluding hydrogens is 997 g/mol. The van der Waals surface area contributed by atoms with Gasteiger partial charge in [-0.05, 0) is 62.8 Å². The second-order valence-electron chi connectivity index (χ2n) is 19.8. The quantitative estimate of drug-likeness (QED) is 0.131. The Balaban J connectivity index is 1.41. The highest BCUT2D eigenvalue weighted by atomic mass is 16.5. The summed E-state index contributed by atoms with van der Waals surface area (Å²) in [6, 6.07) is 3.53. The summed E-state index contributed by atoms with van der Waals surface area (Å²) in [7, 11) is 5.29. The molecule has 0 radical (unpaired) electrons. The summed E-state index contributed by atoms with van der Waals surface area (Å²) < 4.78 is 11.4. The van der Waals surface area contributed by atoms with Gasteiger partial charge in [0.2, 0.25) is 35.4 Å². The van der Waals surface area contributed by atoms with Crippen LogP contribution in [0.25, 0.3) is 21.9 Å². The molecule has 0 saturated carbocycles. The molecule has 2 aromatic heterocycles. The molecule has 0 spiro atoms. The van der Waals surface area contributed by atoms with E-state index in [1.165, 1.54) is 66.5 Å². The Morgan fingerprint density at radius 2 is 1.05 bits per heavy atom. The molecule has 410 valence electrons. The highest BCUT2D eigenvalue weighted by Gasteiger charge is 2.42. The van der Waals surface area contributed by atoms with Crippen molar-refractivity contribution in [2.24, 2.45) is 11.8 Å². The van der Waals surface area contributed by atoms with Gasteiger partial charge in [0.25, 0.3) is 11.8 Å². The van der Waals surface area contributed by atoms with Crippen molar-refractivity contribution in [3.05, 3.63) is 84.3 Å². The van der Waals surface area contributed by atoms with Crippen molar-refractivity contribution in [3.63, 3.8) is 0 Å². The number of para-hydroxylation sites is 3. The average Bonchev–Trinajstić information content (AvgIpc) is 3.39. The fourth-order valence-corrected chi connectivity index (χ4v) is 9.18. The lowest BCUT2D eigenvalue weighted by Crippen LogP contribution is -2.60. The number of hydrogen-bond donors (Lipinski definition) is 5. The topological polar surface area (TPSA) is 315 Å². The van der Waals surface area contributed by atoms with Crippen molar-refractivity contribution in [2.75, 3.05) is 47.1 Å². The second-order valence-corrected chi connectivity index (χ2v) is 19.8. The maximum atomic E-state index is 14.8. The van der Waals surface area contributed by atoms with Gasteiger partial charge in [-0.1, -0.05) is 70.2 Å². The number of cyclic esters (lactones) is 2. The van der Waals surface area contributed by atoms with E-state index in [0.717, 1.165) is 19.6 Å². The third-order valence-electron chi connectivity index (χ3n) is 13.5. The summed E-state index contributed by atoms with van der Waals surface area (Å²) in [5, 5.41) is 10.8. The number of carbonyl (C=O) groups excluding carboxylic acids is 10. The van der Waals surface area contributed by atoms with Crippen molar-refractivity contribution in [3.8, 4) is 0 Å². The molecule has 4 aromatic rings. The molecule has 8 atom stereocenters. The lowest BCUT2D eigenvalue weighted by Gasteiger charge is -2.37. The summed E-state index contributed by atoms with van der Waals surface area (Å²) in [6.45, 7) is 7.63. The molecular formula is C53H66N12O12. The van der Waals surface area contributed by atoms with E-state index in [0.29, 0.717) is 21.9 Å². The minimum Gasteiger partial charge on any atom is -0.461 e. The zero-order valence-corrected chi connectivity index (χ0v) is 44.6. The van der Waals surface area contributed by atoms with Crippen LogP contribution in [-0.4, -0.2) is 183 Å². The Kier molecular flexibility index (Phi) is 18.6. The number of aromatic nitrogens is 3. The third-order valence-corrected chi connectivity index (χ3v) is 13.5. The molecule has 0 saturated heterocycles. The van der Waals surface area contributed by atoms with Crippen LogP contribution in [-0.2, 0) is 47.8 Å². The van der Waals surface area contributed by atoms with E-state index in [-0.39, 0.29) is 29.9 Å². The van der Waals surface area contributed by atoms with Gasteiger partial charge in [-0.25, -0.2) is 19.6 Å². The maximum absolute atomic E-state index is 14.8. The first kappa shape index (κ1) is 57.7. The van der Waals surface area contributed by atoms with Gasteiger partial charge in [-0.15, -0.1) is 0 Å². The number of pyridine rings is 1. The van der Waals surface area contributed by atoms with Gasteiger partial charge >= 0.3 is 11.9 Å². The fourth-order valence-electron chi connectivity index (χ4n) is 9.18. The van der Waals surface area contributed by atoms with Crippen LogP contribution in [0, 0.1) is 11.8 Å². The molecule has 6 rings (SSSR count). The number of ether oxygens (including phenoxy) is 2. The van der Waals surface area contributed by atoms with E-state index < -0.39 is 133 Å². The molecule has 6 N–H and O–H groups in total. The van der Waals surface area contributed by atoms with Crippen LogP contribution in [0.5, 0.6) is 0 Å². The van der Waals surface area contributed by atoms with Crippen LogP contribution in [0.4, 0.5) is 5.69 Å². The van der Waals surface area contributed by atoms with Gasteiger partial charge in [-0.3, -0.25) is 43.3 Å². The number of amides is 8. The number of esters is 2. The first-order valence-electron chi connectivity index (χ1n) is 25.1. The molecule has 0 aliphatic carbocycles. The first-order valence-corrected chi connectivity index (χ1v) is 25.1. The van der Waals surface area contributed by atoms with E-state index >= 15 is 0 Å². The minimum atomic E-state index is -1.69. The highest BCUT2D eigenvalue weighted by molar-refractivity contribution is 6.03. The number of rotatable bonds is 6. The minimum absolute atomic E-state index is 0.0279. The molecule has 24 nitrogen and oxygen atoms in total. The molecule has 2 aliphatic heterocycles. The zero-order valence-electron chi connectivity index (χ0n) is 44.6. The maximum Gasteiger partial charge on any atom is 0.329 e. The summed E-state index contributed by atoms with van der Waals surface area (Å²) in [6.07, 6.45) is 3.78. The number of nitrogens with one attached hydrogen (secondary N) is 4. The lowest BCUT2D eigenvalue weighted by atomic mass is 9.99. The molecule has 0 fully saturated rings. The summed E-state index contributed by atoms with van der Waals surface area (Å²) in [5.74, 6) is -10.2. The summed E-state index contributed by atoms with van der Waals surface area (Å²) >= 11 is 0. The van der Waals surface area contributed by atoms with E-state index in [4.69, 9.17) is 15.2 Å². The number of nitrogen functional groups attached to an aromatic ring is 1. The molecule has 2 aromatic carbocycles. The van der Waals surface area contributed by atoms with Crippen LogP contribution in [0.2, 0.25) is 0 Å². The predicted octanol–water partition coefficient (Wildman–Crippen LogP) is 0.737. The number of likely N-dealkylation sites (N-methyl/N-ethyl adjacent to an activating group) is 4. The SMILES string of the molecule is CC1NC(=O)C(NC(=O)c2cnc3ccccc3n2)COC(=O)C(C(C)C)N(C)C(=O)[C@@H]2C/C=C\C[C@@H](C(=O)N(C)C(C(C)C)C(=O)OCC(NC(=O)c3nc4ccccc4cc3N)C(=O)NC(C)C(=O)N2C)N(C)C1=O. The highest BCUT2D eigenvalue weighted by Crippen LogP contribution is 2.22. The smallest absolute Gasteiger partial charge is 0.329 e. The Morgan fingerprint density at radius 3 is 1.53 bits per heavy atom. The fraction of sp³-hybridized carbons (Fsp3) is 0.453. The van der Waals surface area contributed by atoms with Crippen LogP contribution in [0.15, 0.2) is 72.9 Å². The third kappa shape index (κ3) is 13.3. The number of nitrogens with two attached hydrogens (primary N) is 1. The molecule has 4 heterocycles. The van der Waals surface area contributed by atoms with Crippen LogP contribution in [0.3, 0.4) is 0 Å². The monoisotopic (exact) mass is 1060 g/mol. The van der Waals surface area contributed by atoms with Crippen LogP contribution < -0.4 is 27.0 Å². The number of anilines is 1. The van der Waals surface area contributed by atoms with Crippen LogP contribution in [0.1, 0.15) is 75.4 Å². The van der Waals surface area contributed by atoms with Gasteiger partial charge in [0.15, 0.2) is 5.69 Å². The van der Waals surface area contributed by atoms with Crippen molar-refractivity contribution in [1.29, 1.82) is 0 Å². The normalized spacial score (nSPS) is 24.8. The Hall–Kier alpha value is -8.57. The first-order chi connectivity index (χ1) is 36.4. The van der Waals surface area contributed by atoms with Gasteiger partial charge < -0.3 is 56.1 Å². The Bertz CT molecular complexity index is 2990. The van der Waals surface area contributed by atoms with Gasteiger partial charge in [-0.2, -0.15) is 0 Å². The van der Waals surface area contributed by atoms with Crippen molar-refractivity contribution < 1.29 is 57.4 Å². The number of nitrogens with zero attached hydrogens (tertiary/aromatic N) is 7. The van der Waals surface area contributed by atoms with Crippen molar-refractivity contribution >= 4 is 86.8 Å². The largest absolute Gasteiger partial charge is 0.461 e. The standard InChI is InChI=1S/C53H66N12O12/c1-27(2)42-52(74)76-25-37(60-44(66)36-24-55-34-19-13-14-20-35(34)58-36)45(67)56-29(5)48(70)62(7)39-21-15-16-22-40(50(72)64(42)9)63(8)49(71)30(6)57-46(68)38(26-77-53(75)43(28(3)4)65(10)51(39)73)61-47(69)41-32(54)23-31-17-11-12-18-33(31)59-41/h11-20,23-24,27-30,37-40,42-43H,21-22,25-26,54H2,1-10H3,(H,56,67)(H,57,68)(H,60,66)(H,61,69)/b16-15-/t29?,30?,37?,38?,39-,40-,42?,43?/m0/s1. The Labute approximate surface area is 444 Å². The zero-order chi connectivity index (χ0) is 56.6. The molecule has 24 heteroatoms. The van der Waals surface area contributed by atoms with E-state index in [2.05, 4.69) is 36.2 Å². The molecule has 2 bridgehead atoms. The van der Waals surface area contributed by atoms with Gasteiger partial charge in [0, 0.05) is 33.6 Å². The second kappa shape index (κ2) is 24.8. The molecule has 8 amide bonds. The van der Waals surface area contributed by atoms with Gasteiger partial charge in [0.1, 0.15) is 67.2 Å². The number of carbonyl (C=O) groups is 10. The summed E-state index contributed by atoms with van der Waals surface area (Å²) in [5.41, 5.74) is 7.08. The molecule has 77 heavy (non-hydrogen) atoms. The number of benzene rings is 2. The van der Waals surface area contributed by atoms with Gasteiger partial charge in [0.05, 0.1) is 28.4 Å². The average molecular weight is 1060 g/mol. The molecule has 6 unspecified atom stereocenters. The van der Waals surface area contributed by atoms with Crippen molar-refractivity contribution in [2.45, 2.75) is 103 Å². The van der Waals surface area contributed by atoms with E-state index in [1.807, 2.05) is 0 Å². The Morgan fingerprint density at radius 1 is 0.610 bits per heavy atom. The van der Waals surface area contributed by atoms with E-state index in [1.54, 1.807) is 76.2 Å². The summed E-state index contributed by atoms with van der Waals surface area (Å²) in [4.78, 5) is 160. The number of hydrogen-bond acceptors (Lipinski definition) is 16. The predicted molar refractivity (Wildman–Crippen MR) is 280 cm³/mol. The molecule has 2 aliphatic rings.